The molecule has 1 saturated heterocycles. The van der Waals surface area contributed by atoms with Gasteiger partial charge in [0.25, 0.3) is 0 Å². The van der Waals surface area contributed by atoms with E-state index in [-0.39, 0.29) is 11.8 Å². The summed E-state index contributed by atoms with van der Waals surface area (Å²) < 4.78 is 0. The minimum atomic E-state index is -0.290. The van der Waals surface area contributed by atoms with Gasteiger partial charge in [-0.1, -0.05) is 32.5 Å². The molecular formula is C14H27N3OS. The molecule has 1 fully saturated rings. The molecule has 2 atom stereocenters. The monoisotopic (exact) mass is 285 g/mol. The lowest BCUT2D eigenvalue weighted by Crippen LogP contribution is -2.45. The predicted molar refractivity (Wildman–Crippen MR) is 83.1 cm³/mol. The molecule has 1 aliphatic heterocycles. The van der Waals surface area contributed by atoms with Gasteiger partial charge in [0, 0.05) is 19.6 Å². The molecule has 0 radical (unpaired) electrons. The van der Waals surface area contributed by atoms with Crippen molar-refractivity contribution in [2.45, 2.75) is 45.6 Å². The van der Waals surface area contributed by atoms with Crippen molar-refractivity contribution in [1.82, 2.24) is 9.80 Å². The molecule has 2 N–H and O–H groups in total. The van der Waals surface area contributed by atoms with Gasteiger partial charge in [0.2, 0.25) is 5.91 Å². The predicted octanol–water partition coefficient (Wildman–Crippen LogP) is 1.63. The number of carbonyl (C=O) groups excluding carboxylic acids is 1. The third-order valence-electron chi connectivity index (χ3n) is 3.98. The van der Waals surface area contributed by atoms with Gasteiger partial charge >= 0.3 is 0 Å². The third kappa shape index (κ3) is 4.42. The van der Waals surface area contributed by atoms with Gasteiger partial charge in [-0.3, -0.25) is 9.69 Å². The maximum atomic E-state index is 12.4. The number of nitrogens with two attached hydrogens (primary N) is 1. The maximum absolute atomic E-state index is 12.4. The summed E-state index contributed by atoms with van der Waals surface area (Å²) in [5, 5.41) is 0. The van der Waals surface area contributed by atoms with Crippen LogP contribution < -0.4 is 5.73 Å². The molecule has 5 heteroatoms. The van der Waals surface area contributed by atoms with Crippen LogP contribution in [0.3, 0.4) is 0 Å². The van der Waals surface area contributed by atoms with Gasteiger partial charge in [-0.05, 0) is 32.4 Å². The molecule has 0 spiro atoms. The molecule has 1 heterocycles. The second-order valence-corrected chi connectivity index (χ2v) is 5.86. The number of amides is 1. The fourth-order valence-electron chi connectivity index (χ4n) is 2.87. The van der Waals surface area contributed by atoms with Crippen molar-refractivity contribution in [3.63, 3.8) is 0 Å². The Morgan fingerprint density at radius 3 is 2.74 bits per heavy atom. The standard InChI is InChI=1S/C14H27N3OS/c1-4-7-12(13(15)19)14(18)16(3)10-11-8-6-9-17(11)5-2/h11-12H,4-10H2,1-3H3,(H2,15,19). The lowest BCUT2D eigenvalue weighted by molar-refractivity contribution is -0.132. The zero-order valence-electron chi connectivity index (χ0n) is 12.4. The highest BCUT2D eigenvalue weighted by atomic mass is 32.1. The van der Waals surface area contributed by atoms with E-state index < -0.39 is 0 Å². The average Bonchev–Trinajstić information content (AvgIpc) is 2.81. The SMILES string of the molecule is CCCC(C(=O)N(C)CC1CCCN1CC)C(N)=S. The van der Waals surface area contributed by atoms with Crippen LogP contribution in [0.1, 0.15) is 39.5 Å². The summed E-state index contributed by atoms with van der Waals surface area (Å²) in [6.45, 7) is 7.22. The van der Waals surface area contributed by atoms with Crippen LogP contribution in [0.25, 0.3) is 0 Å². The zero-order chi connectivity index (χ0) is 14.4. The second-order valence-electron chi connectivity index (χ2n) is 5.39. The Hall–Kier alpha value is -0.680. The van der Waals surface area contributed by atoms with Crippen LogP contribution in [0.2, 0.25) is 0 Å². The molecule has 2 unspecified atom stereocenters. The van der Waals surface area contributed by atoms with Crippen molar-refractivity contribution in [3.05, 3.63) is 0 Å². The smallest absolute Gasteiger partial charge is 0.232 e. The molecule has 4 nitrogen and oxygen atoms in total. The van der Waals surface area contributed by atoms with Gasteiger partial charge in [-0.15, -0.1) is 0 Å². The van der Waals surface area contributed by atoms with Crippen molar-refractivity contribution in [2.75, 3.05) is 26.7 Å². The van der Waals surface area contributed by atoms with Crippen LogP contribution in [0.5, 0.6) is 0 Å². The van der Waals surface area contributed by atoms with E-state index in [4.69, 9.17) is 18.0 Å². The van der Waals surface area contributed by atoms with Gasteiger partial charge in [-0.25, -0.2) is 0 Å². The van der Waals surface area contributed by atoms with E-state index >= 15 is 0 Å². The molecular weight excluding hydrogens is 258 g/mol. The van der Waals surface area contributed by atoms with E-state index in [1.165, 1.54) is 12.8 Å². The maximum Gasteiger partial charge on any atom is 0.232 e. The van der Waals surface area contributed by atoms with E-state index in [2.05, 4.69) is 11.8 Å². The zero-order valence-corrected chi connectivity index (χ0v) is 13.2. The van der Waals surface area contributed by atoms with Crippen LogP contribution in [0.4, 0.5) is 0 Å². The summed E-state index contributed by atoms with van der Waals surface area (Å²) in [5.41, 5.74) is 5.70. The summed E-state index contributed by atoms with van der Waals surface area (Å²) in [4.78, 5) is 17.0. The van der Waals surface area contributed by atoms with Gasteiger partial charge < -0.3 is 10.6 Å². The van der Waals surface area contributed by atoms with Gasteiger partial charge in [0.15, 0.2) is 0 Å². The quantitative estimate of drug-likeness (QED) is 0.722. The molecule has 1 aliphatic rings. The highest BCUT2D eigenvalue weighted by Crippen LogP contribution is 2.19. The molecule has 0 bridgehead atoms. The Balaban J connectivity index is 2.58. The summed E-state index contributed by atoms with van der Waals surface area (Å²) in [6, 6.07) is 0.493. The number of likely N-dealkylation sites (tertiary alicyclic amines) is 1. The van der Waals surface area contributed by atoms with Gasteiger partial charge in [-0.2, -0.15) is 0 Å². The number of thiocarbonyl (C=S) groups is 1. The Morgan fingerprint density at radius 1 is 1.53 bits per heavy atom. The van der Waals surface area contributed by atoms with E-state index in [1.54, 1.807) is 0 Å². The van der Waals surface area contributed by atoms with Crippen LogP contribution >= 0.6 is 12.2 Å². The number of hydrogen-bond acceptors (Lipinski definition) is 3. The normalized spacial score (nSPS) is 21.3. The van der Waals surface area contributed by atoms with Crippen LogP contribution in [0.15, 0.2) is 0 Å². The third-order valence-corrected chi connectivity index (χ3v) is 4.27. The number of hydrogen-bond donors (Lipinski definition) is 1. The van der Waals surface area contributed by atoms with Crippen molar-refractivity contribution in [2.24, 2.45) is 11.7 Å². The fraction of sp³-hybridized carbons (Fsp3) is 0.857. The summed E-state index contributed by atoms with van der Waals surface area (Å²) >= 11 is 5.03. The minimum Gasteiger partial charge on any atom is -0.393 e. The van der Waals surface area contributed by atoms with Crippen LogP contribution in [-0.2, 0) is 4.79 Å². The molecule has 1 rings (SSSR count). The van der Waals surface area contributed by atoms with Gasteiger partial charge in [0.05, 0.1) is 10.9 Å². The highest BCUT2D eigenvalue weighted by Gasteiger charge is 2.29. The first kappa shape index (κ1) is 16.4. The highest BCUT2D eigenvalue weighted by molar-refractivity contribution is 7.80. The molecule has 19 heavy (non-hydrogen) atoms. The summed E-state index contributed by atoms with van der Waals surface area (Å²) in [6.07, 6.45) is 4.08. The molecule has 0 saturated carbocycles. The number of rotatable bonds is 7. The fourth-order valence-corrected chi connectivity index (χ4v) is 3.09. The first-order valence-electron chi connectivity index (χ1n) is 7.29. The largest absolute Gasteiger partial charge is 0.393 e. The van der Waals surface area contributed by atoms with Crippen LogP contribution in [-0.4, -0.2) is 53.4 Å². The molecule has 0 aliphatic carbocycles. The minimum absolute atomic E-state index is 0.0808. The van der Waals surface area contributed by atoms with E-state index in [0.717, 1.165) is 32.5 Å². The second kappa shape index (κ2) is 7.80. The van der Waals surface area contributed by atoms with Crippen molar-refractivity contribution >= 4 is 23.1 Å². The Labute approximate surface area is 122 Å². The summed E-state index contributed by atoms with van der Waals surface area (Å²) in [5.74, 6) is -0.209. The topological polar surface area (TPSA) is 49.6 Å². The van der Waals surface area contributed by atoms with E-state index in [9.17, 15) is 4.79 Å². The molecule has 110 valence electrons. The van der Waals surface area contributed by atoms with E-state index in [1.807, 2.05) is 18.9 Å². The lowest BCUT2D eigenvalue weighted by Gasteiger charge is -2.29. The summed E-state index contributed by atoms with van der Waals surface area (Å²) in [7, 11) is 1.87. The molecule has 1 amide bonds. The Morgan fingerprint density at radius 2 is 2.21 bits per heavy atom. The number of nitrogens with zero attached hydrogens (tertiary/aromatic N) is 2. The Bertz CT molecular complexity index is 322. The van der Waals surface area contributed by atoms with Gasteiger partial charge in [0.1, 0.15) is 0 Å². The Kier molecular flexibility index (Phi) is 6.72. The molecule has 0 aromatic rings. The number of carbonyl (C=O) groups is 1. The van der Waals surface area contributed by atoms with Crippen molar-refractivity contribution < 1.29 is 4.79 Å². The molecule has 0 aromatic heterocycles. The molecule has 0 aromatic carbocycles. The van der Waals surface area contributed by atoms with Crippen molar-refractivity contribution in [3.8, 4) is 0 Å². The first-order valence-corrected chi connectivity index (χ1v) is 7.70. The first-order chi connectivity index (χ1) is 9.01. The van der Waals surface area contributed by atoms with Crippen molar-refractivity contribution in [1.29, 1.82) is 0 Å². The average molecular weight is 285 g/mol. The van der Waals surface area contributed by atoms with E-state index in [0.29, 0.717) is 11.0 Å². The lowest BCUT2D eigenvalue weighted by atomic mass is 10.0. The van der Waals surface area contributed by atoms with Crippen LogP contribution in [0, 0.1) is 5.92 Å². The number of likely N-dealkylation sites (N-methyl/N-ethyl adjacent to an activating group) is 2.